The van der Waals surface area contributed by atoms with Crippen molar-refractivity contribution in [2.75, 3.05) is 31.4 Å². The summed E-state index contributed by atoms with van der Waals surface area (Å²) in [7, 11) is -0.642. The number of halogens is 2. The van der Waals surface area contributed by atoms with Crippen molar-refractivity contribution in [3.05, 3.63) is 52.1 Å². The fraction of sp³-hybridized carbons (Fsp3) is 0.500. The molecule has 2 aromatic rings. The van der Waals surface area contributed by atoms with Crippen LogP contribution in [0.4, 0.5) is 5.82 Å². The number of carbonyl (C=O) groups is 1. The number of pyridine rings is 1. The Labute approximate surface area is 211 Å². The molecule has 0 bridgehead atoms. The van der Waals surface area contributed by atoms with E-state index in [1.807, 2.05) is 17.0 Å². The van der Waals surface area contributed by atoms with E-state index in [0.29, 0.717) is 34.7 Å². The third-order valence-corrected chi connectivity index (χ3v) is 6.85. The largest absolute Gasteiger partial charge is 0.490 e. The van der Waals surface area contributed by atoms with E-state index in [1.54, 1.807) is 31.2 Å². The zero-order valence-electron chi connectivity index (χ0n) is 19.4. The third-order valence-electron chi connectivity index (χ3n) is 6.42. The molecule has 0 saturated carbocycles. The van der Waals surface area contributed by atoms with Crippen LogP contribution in [0, 0.1) is 5.92 Å². The first kappa shape index (κ1) is 25.1. The summed E-state index contributed by atoms with van der Waals surface area (Å²) in [5.41, 5.74) is 1.14. The normalized spacial score (nSPS) is 18.1. The molecule has 1 amide bonds. The lowest BCUT2D eigenvalue weighted by Crippen LogP contribution is -2.46. The number of hydrogen-bond donors (Lipinski definition) is 2. The van der Waals surface area contributed by atoms with Gasteiger partial charge >= 0.3 is 7.05 Å². The summed E-state index contributed by atoms with van der Waals surface area (Å²) in [6.07, 6.45) is 5.18. The van der Waals surface area contributed by atoms with Crippen molar-refractivity contribution >= 4 is 42.0 Å². The molecule has 0 unspecified atom stereocenters. The van der Waals surface area contributed by atoms with E-state index in [9.17, 15) is 9.82 Å². The minimum atomic E-state index is -0.642. The molecule has 3 heterocycles. The number of rotatable bonds is 7. The van der Waals surface area contributed by atoms with Crippen LogP contribution in [0.25, 0.3) is 0 Å². The Hall–Kier alpha value is -2.00. The van der Waals surface area contributed by atoms with E-state index in [4.69, 9.17) is 27.9 Å². The van der Waals surface area contributed by atoms with Crippen molar-refractivity contribution in [2.45, 2.75) is 45.2 Å². The van der Waals surface area contributed by atoms with Crippen LogP contribution in [0.3, 0.4) is 0 Å². The summed E-state index contributed by atoms with van der Waals surface area (Å²) in [5.74, 6) is 1.71. The molecule has 2 N–H and O–H groups in total. The first-order chi connectivity index (χ1) is 16.4. The van der Waals surface area contributed by atoms with Crippen LogP contribution in [-0.4, -0.2) is 65.0 Å². The number of hydrogen-bond acceptors (Lipinski definition) is 6. The first-order valence-corrected chi connectivity index (χ1v) is 12.6. The highest BCUT2D eigenvalue weighted by Gasteiger charge is 2.31. The molecule has 1 aromatic carbocycles. The van der Waals surface area contributed by atoms with Gasteiger partial charge in [0.05, 0.1) is 0 Å². The van der Waals surface area contributed by atoms with Crippen LogP contribution in [0.1, 0.15) is 31.2 Å². The van der Waals surface area contributed by atoms with Gasteiger partial charge in [0.1, 0.15) is 17.7 Å². The van der Waals surface area contributed by atoms with Crippen LogP contribution in [-0.2, 0) is 11.3 Å². The number of nitrogens with one attached hydrogen (secondary N) is 1. The zero-order chi connectivity index (χ0) is 24.1. The highest BCUT2D eigenvalue weighted by atomic mass is 35.5. The number of anilines is 1. The maximum atomic E-state index is 13.1. The lowest BCUT2D eigenvalue weighted by molar-refractivity contribution is -0.139. The topological polar surface area (TPSA) is 77.9 Å². The molecule has 0 atom stereocenters. The Balaban J connectivity index is 1.21. The molecule has 4 rings (SSSR count). The van der Waals surface area contributed by atoms with Gasteiger partial charge in [-0.05, 0) is 68.6 Å². The zero-order valence-corrected chi connectivity index (χ0v) is 20.9. The van der Waals surface area contributed by atoms with Crippen LogP contribution >= 0.6 is 23.2 Å². The second-order valence-corrected chi connectivity index (χ2v) is 10.0. The molecule has 2 fully saturated rings. The van der Waals surface area contributed by atoms with E-state index < -0.39 is 7.05 Å². The fourth-order valence-electron chi connectivity index (χ4n) is 4.70. The number of ether oxygens (including phenoxy) is 1. The smallest absolute Gasteiger partial charge is 0.408 e. The van der Waals surface area contributed by atoms with Crippen molar-refractivity contribution in [1.29, 1.82) is 0 Å². The van der Waals surface area contributed by atoms with E-state index in [1.165, 1.54) is 0 Å². The minimum Gasteiger partial charge on any atom is -0.490 e. The number of likely N-dealkylation sites (tertiary alicyclic amines) is 2. The highest BCUT2D eigenvalue weighted by molar-refractivity contribution is 6.52. The van der Waals surface area contributed by atoms with Gasteiger partial charge < -0.3 is 19.9 Å². The predicted molar refractivity (Wildman–Crippen MR) is 136 cm³/mol. The third kappa shape index (κ3) is 7.01. The minimum absolute atomic E-state index is 0.0639. The summed E-state index contributed by atoms with van der Waals surface area (Å²) < 4.78 is 6.05. The monoisotopic (exact) mass is 504 g/mol. The molecular formula is C24H31BCl2N4O3. The average molecular weight is 505 g/mol. The van der Waals surface area contributed by atoms with Crippen LogP contribution in [0.15, 0.2) is 36.5 Å². The van der Waals surface area contributed by atoms with Gasteiger partial charge in [-0.1, -0.05) is 23.2 Å². The highest BCUT2D eigenvalue weighted by Crippen LogP contribution is 2.28. The first-order valence-electron chi connectivity index (χ1n) is 11.9. The molecular weight excluding hydrogens is 474 g/mol. The van der Waals surface area contributed by atoms with Gasteiger partial charge in [-0.2, -0.15) is 0 Å². The van der Waals surface area contributed by atoms with Crippen LogP contribution in [0.2, 0.25) is 16.9 Å². The number of benzene rings is 1. The Bertz CT molecular complexity index is 960. The average Bonchev–Trinajstić information content (AvgIpc) is 2.79. The van der Waals surface area contributed by atoms with Gasteiger partial charge in [0.2, 0.25) is 5.91 Å². The van der Waals surface area contributed by atoms with Gasteiger partial charge in [0.15, 0.2) is 0 Å². The van der Waals surface area contributed by atoms with Gasteiger partial charge in [-0.15, -0.1) is 0 Å². The molecule has 0 radical (unpaired) electrons. The molecule has 2 aliphatic heterocycles. The van der Waals surface area contributed by atoms with E-state index in [0.717, 1.165) is 50.9 Å². The molecule has 0 spiro atoms. The van der Waals surface area contributed by atoms with Gasteiger partial charge in [-0.25, -0.2) is 4.98 Å². The summed E-state index contributed by atoms with van der Waals surface area (Å²) in [6.45, 7) is 5.71. The summed E-state index contributed by atoms with van der Waals surface area (Å²) >= 11 is 12.1. The fourth-order valence-corrected chi connectivity index (χ4v) is 5.21. The molecule has 1 aromatic heterocycles. The lowest BCUT2D eigenvalue weighted by atomic mass is 9.89. The molecule has 182 valence electrons. The standard InChI is InChI=1S/C24H31BCl2N4O3/c1-25(33)29-23-12-17(2-7-28-23)16-30-8-3-18(4-9-30)24(32)31-10-5-21(6-11-31)34-22-14-19(26)13-20(27)15-22/h2,7,12-15,18,21,33H,3-6,8-11,16H2,1H3,(H,28,29). The number of carbonyl (C=O) groups excluding carboxylic acids is 1. The Morgan fingerprint density at radius 2 is 1.79 bits per heavy atom. The van der Waals surface area contributed by atoms with Crippen molar-refractivity contribution < 1.29 is 14.6 Å². The molecule has 0 aliphatic carbocycles. The summed E-state index contributed by atoms with van der Waals surface area (Å²) in [4.78, 5) is 21.7. The van der Waals surface area contributed by atoms with Crippen LogP contribution in [0.5, 0.6) is 5.75 Å². The molecule has 10 heteroatoms. The maximum absolute atomic E-state index is 13.1. The Kier molecular flexibility index (Phi) is 8.58. The van der Waals surface area contributed by atoms with Gasteiger partial charge in [-0.3, -0.25) is 9.69 Å². The molecule has 2 aliphatic rings. The number of aromatic nitrogens is 1. The number of amides is 1. The molecule has 34 heavy (non-hydrogen) atoms. The summed E-state index contributed by atoms with van der Waals surface area (Å²) in [6, 6.07) is 9.19. The van der Waals surface area contributed by atoms with Crippen molar-refractivity contribution in [2.24, 2.45) is 5.92 Å². The number of nitrogens with zero attached hydrogens (tertiary/aromatic N) is 3. The van der Waals surface area contributed by atoms with E-state index in [2.05, 4.69) is 15.1 Å². The van der Waals surface area contributed by atoms with Crippen LogP contribution < -0.4 is 9.96 Å². The van der Waals surface area contributed by atoms with Crippen molar-refractivity contribution in [3.8, 4) is 5.75 Å². The SMILES string of the molecule is CB(O)Nc1cc(CN2CCC(C(=O)N3CCC(Oc4cc(Cl)cc(Cl)c4)CC3)CC2)ccn1. The quantitative estimate of drug-likeness (QED) is 0.550. The van der Waals surface area contributed by atoms with E-state index >= 15 is 0 Å². The van der Waals surface area contributed by atoms with E-state index in [-0.39, 0.29) is 17.9 Å². The van der Waals surface area contributed by atoms with Crippen molar-refractivity contribution in [3.63, 3.8) is 0 Å². The lowest BCUT2D eigenvalue weighted by Gasteiger charge is -2.37. The second-order valence-electron chi connectivity index (χ2n) is 9.17. The second kappa shape index (κ2) is 11.6. The molecule has 2 saturated heterocycles. The van der Waals surface area contributed by atoms with Gasteiger partial charge in [0.25, 0.3) is 0 Å². The predicted octanol–water partition coefficient (Wildman–Crippen LogP) is 4.19. The Morgan fingerprint density at radius 3 is 2.44 bits per heavy atom. The van der Waals surface area contributed by atoms with Crippen molar-refractivity contribution in [1.82, 2.24) is 14.8 Å². The maximum Gasteiger partial charge on any atom is 0.408 e. The van der Waals surface area contributed by atoms with Gasteiger partial charge in [0, 0.05) is 54.6 Å². The summed E-state index contributed by atoms with van der Waals surface area (Å²) in [5, 5.41) is 13.5. The Morgan fingerprint density at radius 1 is 1.12 bits per heavy atom. The number of piperidine rings is 2. The molecule has 7 nitrogen and oxygen atoms in total.